The molecule has 0 radical (unpaired) electrons. The standard InChI is InChI=1S/C15H11F2NO4/c16-12-7-10(6-11(13(12)17)14(19)20)18-15(21)22-8-9-4-2-1-3-5-9/h1-7H,8H2,(H,18,21)(H,19,20). The van der Waals surface area contributed by atoms with Crippen LogP contribution in [-0.4, -0.2) is 17.2 Å². The second kappa shape index (κ2) is 6.66. The molecule has 0 saturated heterocycles. The molecule has 0 aliphatic carbocycles. The molecule has 0 aliphatic heterocycles. The van der Waals surface area contributed by atoms with E-state index in [0.29, 0.717) is 6.07 Å². The number of hydrogen-bond donors (Lipinski definition) is 2. The monoisotopic (exact) mass is 307 g/mol. The van der Waals surface area contributed by atoms with Crippen LogP contribution in [0.4, 0.5) is 19.3 Å². The maximum atomic E-state index is 13.3. The molecule has 114 valence electrons. The topological polar surface area (TPSA) is 75.6 Å². The zero-order chi connectivity index (χ0) is 16.1. The number of hydrogen-bond acceptors (Lipinski definition) is 3. The van der Waals surface area contributed by atoms with Crippen LogP contribution in [-0.2, 0) is 11.3 Å². The van der Waals surface area contributed by atoms with Crippen LogP contribution in [0.2, 0.25) is 0 Å². The van der Waals surface area contributed by atoms with Crippen molar-refractivity contribution in [2.24, 2.45) is 0 Å². The van der Waals surface area contributed by atoms with Crippen molar-refractivity contribution in [2.45, 2.75) is 6.61 Å². The average molecular weight is 307 g/mol. The number of amides is 1. The lowest BCUT2D eigenvalue weighted by molar-refractivity contribution is 0.0690. The zero-order valence-corrected chi connectivity index (χ0v) is 11.2. The summed E-state index contributed by atoms with van der Waals surface area (Å²) in [6.45, 7) is -0.0118. The highest BCUT2D eigenvalue weighted by Gasteiger charge is 2.17. The van der Waals surface area contributed by atoms with Crippen molar-refractivity contribution in [3.63, 3.8) is 0 Å². The van der Waals surface area contributed by atoms with Crippen LogP contribution in [0.1, 0.15) is 15.9 Å². The zero-order valence-electron chi connectivity index (χ0n) is 11.2. The summed E-state index contributed by atoms with van der Waals surface area (Å²) in [5, 5.41) is 10.9. The first-order chi connectivity index (χ1) is 10.5. The second-order valence-electron chi connectivity index (χ2n) is 4.31. The molecule has 2 rings (SSSR count). The van der Waals surface area contributed by atoms with E-state index in [-0.39, 0.29) is 12.3 Å². The highest BCUT2D eigenvalue weighted by atomic mass is 19.2. The number of rotatable bonds is 4. The Kier molecular flexibility index (Phi) is 4.67. The predicted molar refractivity (Wildman–Crippen MR) is 73.6 cm³/mol. The lowest BCUT2D eigenvalue weighted by Crippen LogP contribution is -2.15. The van der Waals surface area contributed by atoms with Crippen molar-refractivity contribution in [1.29, 1.82) is 0 Å². The van der Waals surface area contributed by atoms with Gasteiger partial charge in [0.1, 0.15) is 12.2 Å². The van der Waals surface area contributed by atoms with Gasteiger partial charge in [0.15, 0.2) is 11.6 Å². The Labute approximate surface area is 124 Å². The molecular weight excluding hydrogens is 296 g/mol. The molecule has 0 heterocycles. The van der Waals surface area contributed by atoms with Crippen molar-refractivity contribution in [3.05, 3.63) is 65.2 Å². The summed E-state index contributed by atoms with van der Waals surface area (Å²) in [4.78, 5) is 22.3. The Hall–Kier alpha value is -2.96. The maximum Gasteiger partial charge on any atom is 0.411 e. The minimum atomic E-state index is -1.64. The lowest BCUT2D eigenvalue weighted by Gasteiger charge is -2.08. The lowest BCUT2D eigenvalue weighted by atomic mass is 10.2. The fourth-order valence-electron chi connectivity index (χ4n) is 1.69. The van der Waals surface area contributed by atoms with E-state index in [0.717, 1.165) is 11.6 Å². The minimum Gasteiger partial charge on any atom is -0.478 e. The fraction of sp³-hybridized carbons (Fsp3) is 0.0667. The highest BCUT2D eigenvalue weighted by Crippen LogP contribution is 2.19. The van der Waals surface area contributed by atoms with Gasteiger partial charge >= 0.3 is 12.1 Å². The number of nitrogens with one attached hydrogen (secondary N) is 1. The van der Waals surface area contributed by atoms with Crippen LogP contribution < -0.4 is 5.32 Å². The predicted octanol–water partition coefficient (Wildman–Crippen LogP) is 3.41. The summed E-state index contributed by atoms with van der Waals surface area (Å²) >= 11 is 0. The third kappa shape index (κ3) is 3.78. The largest absolute Gasteiger partial charge is 0.478 e. The van der Waals surface area contributed by atoms with E-state index < -0.39 is 29.3 Å². The number of carboxylic acid groups (broad SMARTS) is 1. The van der Waals surface area contributed by atoms with Gasteiger partial charge < -0.3 is 9.84 Å². The number of carboxylic acids is 1. The summed E-state index contributed by atoms with van der Waals surface area (Å²) in [6.07, 6.45) is -0.911. The van der Waals surface area contributed by atoms with Gasteiger partial charge in [0, 0.05) is 11.8 Å². The van der Waals surface area contributed by atoms with Gasteiger partial charge in [-0.05, 0) is 11.6 Å². The molecule has 2 N–H and O–H groups in total. The van der Waals surface area contributed by atoms with Gasteiger partial charge in [-0.15, -0.1) is 0 Å². The van der Waals surface area contributed by atoms with Crippen LogP contribution in [0.3, 0.4) is 0 Å². The molecule has 1 amide bonds. The van der Waals surface area contributed by atoms with Gasteiger partial charge in [0.2, 0.25) is 0 Å². The van der Waals surface area contributed by atoms with Gasteiger partial charge in [0.05, 0.1) is 0 Å². The first kappa shape index (κ1) is 15.4. The molecular formula is C15H11F2NO4. The van der Waals surface area contributed by atoms with Crippen molar-refractivity contribution < 1.29 is 28.2 Å². The second-order valence-corrected chi connectivity index (χ2v) is 4.31. The Morgan fingerprint density at radius 3 is 2.45 bits per heavy atom. The van der Waals surface area contributed by atoms with Crippen LogP contribution in [0.5, 0.6) is 0 Å². The Morgan fingerprint density at radius 1 is 1.14 bits per heavy atom. The molecule has 5 nitrogen and oxygen atoms in total. The number of aromatic carboxylic acids is 1. The number of halogens is 2. The van der Waals surface area contributed by atoms with E-state index >= 15 is 0 Å². The molecule has 0 spiro atoms. The smallest absolute Gasteiger partial charge is 0.411 e. The van der Waals surface area contributed by atoms with Gasteiger partial charge in [-0.2, -0.15) is 0 Å². The minimum absolute atomic E-state index is 0.0118. The van der Waals surface area contributed by atoms with Crippen molar-refractivity contribution >= 4 is 17.7 Å². The molecule has 0 unspecified atom stereocenters. The Bertz CT molecular complexity index is 704. The average Bonchev–Trinajstić information content (AvgIpc) is 2.49. The molecule has 0 atom stereocenters. The van der Waals surface area contributed by atoms with E-state index in [1.54, 1.807) is 30.3 Å². The molecule has 0 saturated carbocycles. The highest BCUT2D eigenvalue weighted by molar-refractivity contribution is 5.91. The number of ether oxygens (including phenoxy) is 1. The first-order valence-corrected chi connectivity index (χ1v) is 6.17. The molecule has 2 aromatic carbocycles. The number of carbonyl (C=O) groups excluding carboxylic acids is 1. The number of carbonyl (C=O) groups is 2. The normalized spacial score (nSPS) is 10.1. The third-order valence-electron chi connectivity index (χ3n) is 2.72. The first-order valence-electron chi connectivity index (χ1n) is 6.17. The summed E-state index contributed by atoms with van der Waals surface area (Å²) in [5.74, 6) is -4.51. The van der Waals surface area contributed by atoms with Crippen molar-refractivity contribution in [2.75, 3.05) is 5.32 Å². The van der Waals surface area contributed by atoms with Gasteiger partial charge in [-0.1, -0.05) is 30.3 Å². The summed E-state index contributed by atoms with van der Waals surface area (Å²) in [6, 6.07) is 10.3. The molecule has 0 bridgehead atoms. The number of anilines is 1. The van der Waals surface area contributed by atoms with Gasteiger partial charge in [-0.3, -0.25) is 5.32 Å². The van der Waals surface area contributed by atoms with E-state index in [9.17, 15) is 18.4 Å². The van der Waals surface area contributed by atoms with Gasteiger partial charge in [0.25, 0.3) is 0 Å². The van der Waals surface area contributed by atoms with Crippen LogP contribution in [0.25, 0.3) is 0 Å². The number of benzene rings is 2. The van der Waals surface area contributed by atoms with Gasteiger partial charge in [-0.25, -0.2) is 18.4 Å². The molecule has 7 heteroatoms. The van der Waals surface area contributed by atoms with Crippen LogP contribution >= 0.6 is 0 Å². The SMILES string of the molecule is O=C(Nc1cc(F)c(F)c(C(=O)O)c1)OCc1ccccc1. The van der Waals surface area contributed by atoms with Crippen molar-refractivity contribution in [1.82, 2.24) is 0 Å². The Morgan fingerprint density at radius 2 is 1.82 bits per heavy atom. The molecule has 2 aromatic rings. The van der Waals surface area contributed by atoms with Crippen LogP contribution in [0.15, 0.2) is 42.5 Å². The molecule has 0 aliphatic rings. The Balaban J connectivity index is 2.04. The van der Waals surface area contributed by atoms with E-state index in [1.807, 2.05) is 0 Å². The summed E-state index contributed by atoms with van der Waals surface area (Å²) < 4.78 is 31.4. The summed E-state index contributed by atoms with van der Waals surface area (Å²) in [5.41, 5.74) is -0.345. The van der Waals surface area contributed by atoms with E-state index in [1.165, 1.54) is 0 Å². The molecule has 0 aromatic heterocycles. The molecule has 22 heavy (non-hydrogen) atoms. The van der Waals surface area contributed by atoms with Crippen LogP contribution in [0, 0.1) is 11.6 Å². The fourth-order valence-corrected chi connectivity index (χ4v) is 1.69. The van der Waals surface area contributed by atoms with E-state index in [4.69, 9.17) is 9.84 Å². The quantitative estimate of drug-likeness (QED) is 0.907. The van der Waals surface area contributed by atoms with E-state index in [2.05, 4.69) is 5.32 Å². The summed E-state index contributed by atoms with van der Waals surface area (Å²) in [7, 11) is 0. The molecule has 0 fully saturated rings. The maximum absolute atomic E-state index is 13.3. The van der Waals surface area contributed by atoms with Crippen molar-refractivity contribution in [3.8, 4) is 0 Å². The third-order valence-corrected chi connectivity index (χ3v) is 2.72.